The van der Waals surface area contributed by atoms with Crippen LogP contribution in [0.25, 0.3) is 0 Å². The van der Waals surface area contributed by atoms with Crippen LogP contribution in [0, 0.1) is 0 Å². The minimum atomic E-state index is 0.0112. The Kier molecular flexibility index (Phi) is 5.06. The van der Waals surface area contributed by atoms with Crippen LogP contribution in [-0.4, -0.2) is 31.9 Å². The first-order chi connectivity index (χ1) is 7.60. The van der Waals surface area contributed by atoms with Gasteiger partial charge in [0.05, 0.1) is 23.9 Å². The van der Waals surface area contributed by atoms with E-state index < -0.39 is 0 Å². The van der Waals surface area contributed by atoms with E-state index in [1.54, 1.807) is 13.2 Å². The molecule has 1 unspecified atom stereocenters. The molecule has 0 fully saturated rings. The molecular formula is C12H18ClNO2. The highest BCUT2D eigenvalue weighted by Gasteiger charge is 2.12. The molecule has 1 rings (SSSR count). The number of benzene rings is 1. The molecule has 4 heteroatoms. The lowest BCUT2D eigenvalue weighted by molar-refractivity contribution is 0.183. The lowest BCUT2D eigenvalue weighted by Crippen LogP contribution is -2.32. The van der Waals surface area contributed by atoms with E-state index in [1.165, 1.54) is 0 Å². The Morgan fingerprint density at radius 2 is 2.19 bits per heavy atom. The normalized spacial score (nSPS) is 12.6. The number of rotatable bonds is 5. The lowest BCUT2D eigenvalue weighted by Gasteiger charge is -2.27. The van der Waals surface area contributed by atoms with Gasteiger partial charge in [0.2, 0.25) is 0 Å². The molecule has 0 heterocycles. The standard InChI is InChI=1S/C12H18ClNO2/c1-9(8-16-3)14(2)12-5-4-10(7-15)6-11(12)13/h4-6,9,15H,7-8H2,1-3H3. The predicted octanol–water partition coefficient (Wildman–Crippen LogP) is 2.30. The molecule has 0 saturated carbocycles. The highest BCUT2D eigenvalue weighted by molar-refractivity contribution is 6.33. The quantitative estimate of drug-likeness (QED) is 0.862. The number of aliphatic hydroxyl groups excluding tert-OH is 1. The van der Waals surface area contributed by atoms with Gasteiger partial charge in [-0.2, -0.15) is 0 Å². The fourth-order valence-corrected chi connectivity index (χ4v) is 1.86. The van der Waals surface area contributed by atoms with Crippen molar-refractivity contribution in [2.24, 2.45) is 0 Å². The first-order valence-electron chi connectivity index (χ1n) is 5.21. The van der Waals surface area contributed by atoms with E-state index in [-0.39, 0.29) is 12.6 Å². The molecule has 1 aromatic carbocycles. The number of likely N-dealkylation sites (N-methyl/N-ethyl adjacent to an activating group) is 1. The monoisotopic (exact) mass is 243 g/mol. The van der Waals surface area contributed by atoms with Gasteiger partial charge >= 0.3 is 0 Å². The number of hydrogen-bond acceptors (Lipinski definition) is 3. The molecule has 0 aliphatic rings. The highest BCUT2D eigenvalue weighted by atomic mass is 35.5. The van der Waals surface area contributed by atoms with Crippen LogP contribution in [0.3, 0.4) is 0 Å². The maximum absolute atomic E-state index is 8.99. The SMILES string of the molecule is COCC(C)N(C)c1ccc(CO)cc1Cl. The summed E-state index contributed by atoms with van der Waals surface area (Å²) in [6, 6.07) is 5.83. The third-order valence-electron chi connectivity index (χ3n) is 2.64. The number of methoxy groups -OCH3 is 1. The first kappa shape index (κ1) is 13.3. The molecule has 1 aromatic rings. The van der Waals surface area contributed by atoms with E-state index in [9.17, 15) is 0 Å². The van der Waals surface area contributed by atoms with Crippen LogP contribution in [0.15, 0.2) is 18.2 Å². The van der Waals surface area contributed by atoms with E-state index >= 15 is 0 Å². The van der Waals surface area contributed by atoms with E-state index in [0.717, 1.165) is 11.3 Å². The summed E-state index contributed by atoms with van der Waals surface area (Å²) in [5.74, 6) is 0. The van der Waals surface area contributed by atoms with Crippen LogP contribution in [0.5, 0.6) is 0 Å². The van der Waals surface area contributed by atoms with E-state index in [0.29, 0.717) is 11.6 Å². The molecule has 0 aromatic heterocycles. The molecule has 0 radical (unpaired) electrons. The van der Waals surface area contributed by atoms with E-state index in [4.69, 9.17) is 21.4 Å². The predicted molar refractivity (Wildman–Crippen MR) is 67.1 cm³/mol. The van der Waals surface area contributed by atoms with E-state index in [1.807, 2.05) is 19.2 Å². The molecule has 0 spiro atoms. The van der Waals surface area contributed by atoms with Gasteiger partial charge in [-0.05, 0) is 24.6 Å². The van der Waals surface area contributed by atoms with Crippen molar-refractivity contribution in [3.8, 4) is 0 Å². The number of hydrogen-bond donors (Lipinski definition) is 1. The lowest BCUT2D eigenvalue weighted by atomic mass is 10.2. The average Bonchev–Trinajstić information content (AvgIpc) is 2.28. The molecule has 1 atom stereocenters. The number of anilines is 1. The molecule has 0 amide bonds. The third-order valence-corrected chi connectivity index (χ3v) is 2.95. The van der Waals surface area contributed by atoms with Gasteiger partial charge in [0.25, 0.3) is 0 Å². The zero-order valence-corrected chi connectivity index (χ0v) is 10.7. The molecule has 0 bridgehead atoms. The summed E-state index contributed by atoms with van der Waals surface area (Å²) in [7, 11) is 3.66. The summed E-state index contributed by atoms with van der Waals surface area (Å²) in [6.45, 7) is 2.73. The first-order valence-corrected chi connectivity index (χ1v) is 5.59. The van der Waals surface area contributed by atoms with Crippen molar-refractivity contribution < 1.29 is 9.84 Å². The van der Waals surface area contributed by atoms with Gasteiger partial charge in [0.1, 0.15) is 0 Å². The van der Waals surface area contributed by atoms with Gasteiger partial charge in [-0.3, -0.25) is 0 Å². The van der Waals surface area contributed by atoms with Gasteiger partial charge < -0.3 is 14.7 Å². The fraction of sp³-hybridized carbons (Fsp3) is 0.500. The topological polar surface area (TPSA) is 32.7 Å². The maximum atomic E-state index is 8.99. The van der Waals surface area contributed by atoms with Crippen molar-refractivity contribution >= 4 is 17.3 Å². The zero-order valence-electron chi connectivity index (χ0n) is 9.90. The second-order valence-corrected chi connectivity index (χ2v) is 4.27. The smallest absolute Gasteiger partial charge is 0.0682 e. The highest BCUT2D eigenvalue weighted by Crippen LogP contribution is 2.27. The summed E-state index contributed by atoms with van der Waals surface area (Å²) in [5.41, 5.74) is 1.77. The van der Waals surface area contributed by atoms with Crippen molar-refractivity contribution in [1.29, 1.82) is 0 Å². The van der Waals surface area contributed by atoms with Crippen molar-refractivity contribution in [1.82, 2.24) is 0 Å². The minimum Gasteiger partial charge on any atom is -0.392 e. The maximum Gasteiger partial charge on any atom is 0.0682 e. The van der Waals surface area contributed by atoms with Gasteiger partial charge in [-0.1, -0.05) is 17.7 Å². The average molecular weight is 244 g/mol. The Morgan fingerprint density at radius 1 is 1.50 bits per heavy atom. The molecule has 0 aliphatic heterocycles. The molecule has 90 valence electrons. The van der Waals surface area contributed by atoms with Crippen molar-refractivity contribution in [2.45, 2.75) is 19.6 Å². The summed E-state index contributed by atoms with van der Waals surface area (Å²) < 4.78 is 5.11. The summed E-state index contributed by atoms with van der Waals surface area (Å²) in [6.07, 6.45) is 0. The summed E-state index contributed by atoms with van der Waals surface area (Å²) >= 11 is 6.15. The summed E-state index contributed by atoms with van der Waals surface area (Å²) in [5, 5.41) is 9.64. The molecule has 1 N–H and O–H groups in total. The van der Waals surface area contributed by atoms with Crippen molar-refractivity contribution in [3.63, 3.8) is 0 Å². The van der Waals surface area contributed by atoms with Crippen LogP contribution < -0.4 is 4.90 Å². The second kappa shape index (κ2) is 6.09. The largest absolute Gasteiger partial charge is 0.392 e. The molecule has 3 nitrogen and oxygen atoms in total. The van der Waals surface area contributed by atoms with Crippen LogP contribution >= 0.6 is 11.6 Å². The second-order valence-electron chi connectivity index (χ2n) is 3.86. The van der Waals surface area contributed by atoms with Crippen LogP contribution in [-0.2, 0) is 11.3 Å². The van der Waals surface area contributed by atoms with Crippen molar-refractivity contribution in [3.05, 3.63) is 28.8 Å². The zero-order chi connectivity index (χ0) is 12.1. The molecule has 16 heavy (non-hydrogen) atoms. The van der Waals surface area contributed by atoms with Gasteiger partial charge in [-0.25, -0.2) is 0 Å². The van der Waals surface area contributed by atoms with Crippen LogP contribution in [0.4, 0.5) is 5.69 Å². The van der Waals surface area contributed by atoms with Crippen molar-refractivity contribution in [2.75, 3.05) is 25.7 Å². The van der Waals surface area contributed by atoms with Crippen LogP contribution in [0.1, 0.15) is 12.5 Å². The summed E-state index contributed by atoms with van der Waals surface area (Å²) in [4.78, 5) is 2.06. The van der Waals surface area contributed by atoms with Gasteiger partial charge in [0, 0.05) is 20.2 Å². The third kappa shape index (κ3) is 3.11. The molecule has 0 saturated heterocycles. The molecular weight excluding hydrogens is 226 g/mol. The Morgan fingerprint density at radius 3 is 2.69 bits per heavy atom. The number of ether oxygens (including phenoxy) is 1. The molecule has 0 aliphatic carbocycles. The Hall–Kier alpha value is -0.770. The number of aliphatic hydroxyl groups is 1. The number of halogens is 1. The van der Waals surface area contributed by atoms with E-state index in [2.05, 4.69) is 11.8 Å². The van der Waals surface area contributed by atoms with Crippen LogP contribution in [0.2, 0.25) is 5.02 Å². The fourth-order valence-electron chi connectivity index (χ4n) is 1.53. The number of nitrogens with zero attached hydrogens (tertiary/aromatic N) is 1. The van der Waals surface area contributed by atoms with Gasteiger partial charge in [-0.15, -0.1) is 0 Å². The minimum absolute atomic E-state index is 0.0112. The van der Waals surface area contributed by atoms with Gasteiger partial charge in [0.15, 0.2) is 0 Å². The Bertz CT molecular complexity index is 344. The Labute approximate surface area is 102 Å². The Balaban J connectivity index is 2.87.